The number of rotatable bonds is 12. The van der Waals surface area contributed by atoms with E-state index in [1.54, 1.807) is 6.92 Å². The van der Waals surface area contributed by atoms with E-state index in [4.69, 9.17) is 19.4 Å². The van der Waals surface area contributed by atoms with Crippen molar-refractivity contribution in [2.75, 3.05) is 40.1 Å². The molecule has 4 rings (SSSR count). The second-order valence-corrected chi connectivity index (χ2v) is 11.7. The number of carbonyl (C=O) groups excluding carboxylic acids is 2. The van der Waals surface area contributed by atoms with Gasteiger partial charge in [-0.1, -0.05) is 12.1 Å². The molecule has 1 fully saturated rings. The second-order valence-electron chi connectivity index (χ2n) is 9.83. The van der Waals surface area contributed by atoms with Gasteiger partial charge < -0.3 is 29.9 Å². The molecule has 0 atom stereocenters. The van der Waals surface area contributed by atoms with Crippen molar-refractivity contribution in [3.8, 4) is 5.69 Å². The van der Waals surface area contributed by atoms with Crippen LogP contribution in [0.4, 0.5) is 4.79 Å². The molecule has 0 aliphatic carbocycles. The fraction of sp³-hybridized carbons (Fsp3) is 0.407. The Bertz CT molecular complexity index is 1790. The molecule has 1 aliphatic rings. The van der Waals surface area contributed by atoms with Gasteiger partial charge in [0, 0.05) is 6.54 Å². The molecule has 242 valence electrons. The molecule has 3 N–H and O–H groups in total. The predicted molar refractivity (Wildman–Crippen MR) is 157 cm³/mol. The van der Waals surface area contributed by atoms with Gasteiger partial charge in [0.25, 0.3) is 12.4 Å². The average molecular weight is 648 g/mol. The minimum absolute atomic E-state index is 0.0249. The molecule has 0 spiro atoms. The molecule has 45 heavy (non-hydrogen) atoms. The van der Waals surface area contributed by atoms with Gasteiger partial charge in [-0.3, -0.25) is 9.36 Å². The predicted octanol–water partition coefficient (Wildman–Crippen LogP) is 1.15. The molecule has 1 saturated heterocycles. The van der Waals surface area contributed by atoms with Crippen LogP contribution in [0, 0.1) is 19.1 Å². The Labute approximate surface area is 257 Å². The number of hydrazine groups is 1. The SMILES string of the molecule is CNS(=O)(=O)c1ccccc1-n1c(COC(=O)NCCO)nc2cc(C)c(C(=O)OCO/N=[N+](\[O-])N3CCCC3)c(C)c2c1=O. The van der Waals surface area contributed by atoms with Crippen LogP contribution < -0.4 is 15.6 Å². The number of aliphatic hydroxyl groups is 1. The van der Waals surface area contributed by atoms with Crippen molar-refractivity contribution in [1.82, 2.24) is 24.6 Å². The van der Waals surface area contributed by atoms with E-state index in [0.29, 0.717) is 23.6 Å². The van der Waals surface area contributed by atoms with E-state index in [-0.39, 0.29) is 51.6 Å². The summed E-state index contributed by atoms with van der Waals surface area (Å²) >= 11 is 0. The van der Waals surface area contributed by atoms with E-state index in [1.165, 1.54) is 49.3 Å². The van der Waals surface area contributed by atoms with Gasteiger partial charge in [0.2, 0.25) is 15.3 Å². The highest BCUT2D eigenvalue weighted by Gasteiger charge is 2.26. The number of carbonyl (C=O) groups is 2. The van der Waals surface area contributed by atoms with Crippen molar-refractivity contribution in [2.24, 2.45) is 5.28 Å². The zero-order valence-corrected chi connectivity index (χ0v) is 25.6. The number of alkyl carbamates (subject to hydrolysis) is 1. The van der Waals surface area contributed by atoms with Crippen LogP contribution in [0.2, 0.25) is 0 Å². The van der Waals surface area contributed by atoms with Gasteiger partial charge in [-0.25, -0.2) is 27.7 Å². The van der Waals surface area contributed by atoms with Gasteiger partial charge in [0.15, 0.2) is 12.4 Å². The van der Waals surface area contributed by atoms with E-state index < -0.39 is 41.0 Å². The molecule has 1 amide bonds. The molecule has 0 radical (unpaired) electrons. The number of ether oxygens (including phenoxy) is 2. The first-order valence-corrected chi connectivity index (χ1v) is 15.3. The number of para-hydroxylation sites is 1. The molecular weight excluding hydrogens is 614 g/mol. The number of aliphatic hydroxyl groups excluding tert-OH is 1. The number of hydrogen-bond acceptors (Lipinski definition) is 12. The molecular formula is C27H33N7O10S. The van der Waals surface area contributed by atoms with Crippen molar-refractivity contribution in [2.45, 2.75) is 38.2 Å². The highest BCUT2D eigenvalue weighted by Crippen LogP contribution is 2.26. The highest BCUT2D eigenvalue weighted by molar-refractivity contribution is 7.89. The minimum Gasteiger partial charge on any atom is -0.569 e. The number of fused-ring (bicyclic) bond motifs is 1. The van der Waals surface area contributed by atoms with Crippen molar-refractivity contribution >= 4 is 33.0 Å². The lowest BCUT2D eigenvalue weighted by molar-refractivity contribution is -0.708. The summed E-state index contributed by atoms with van der Waals surface area (Å²) in [5.41, 5.74) is -0.0929. The highest BCUT2D eigenvalue weighted by atomic mass is 32.2. The van der Waals surface area contributed by atoms with Gasteiger partial charge in [-0.05, 0) is 63.1 Å². The average Bonchev–Trinajstić information content (AvgIpc) is 3.56. The monoisotopic (exact) mass is 647 g/mol. The van der Waals surface area contributed by atoms with Crippen LogP contribution in [-0.2, 0) is 30.9 Å². The number of benzene rings is 2. The minimum atomic E-state index is -4.08. The molecule has 0 saturated carbocycles. The lowest BCUT2D eigenvalue weighted by atomic mass is 9.98. The van der Waals surface area contributed by atoms with E-state index in [9.17, 15) is 28.0 Å². The number of hydrogen-bond donors (Lipinski definition) is 3. The number of nitrogens with one attached hydrogen (secondary N) is 2. The quantitative estimate of drug-likeness (QED) is 0.0630. The van der Waals surface area contributed by atoms with Gasteiger partial charge in [-0.2, -0.15) is 0 Å². The van der Waals surface area contributed by atoms with Crippen molar-refractivity contribution in [1.29, 1.82) is 0 Å². The molecule has 1 aliphatic heterocycles. The zero-order chi connectivity index (χ0) is 32.7. The summed E-state index contributed by atoms with van der Waals surface area (Å²) in [5.74, 6) is -0.979. The number of amides is 1. The fourth-order valence-electron chi connectivity index (χ4n) is 4.86. The number of sulfonamides is 1. The van der Waals surface area contributed by atoms with Gasteiger partial charge in [0.05, 0.1) is 46.8 Å². The van der Waals surface area contributed by atoms with Crippen molar-refractivity contribution in [3.63, 3.8) is 0 Å². The van der Waals surface area contributed by atoms with Crippen molar-refractivity contribution in [3.05, 3.63) is 68.4 Å². The second kappa shape index (κ2) is 14.3. The van der Waals surface area contributed by atoms with E-state index >= 15 is 0 Å². The van der Waals surface area contributed by atoms with Gasteiger partial charge in [0.1, 0.15) is 4.90 Å². The topological polar surface area (TPSA) is 217 Å². The third-order valence-electron chi connectivity index (χ3n) is 6.96. The summed E-state index contributed by atoms with van der Waals surface area (Å²) < 4.78 is 39.4. The first-order valence-electron chi connectivity index (χ1n) is 13.8. The summed E-state index contributed by atoms with van der Waals surface area (Å²) in [6.07, 6.45) is 0.804. The Morgan fingerprint density at radius 3 is 2.58 bits per heavy atom. The number of aromatic nitrogens is 2. The Morgan fingerprint density at radius 2 is 1.89 bits per heavy atom. The molecule has 1 aromatic heterocycles. The molecule has 17 nitrogen and oxygen atoms in total. The van der Waals surface area contributed by atoms with Crippen LogP contribution in [0.3, 0.4) is 0 Å². The summed E-state index contributed by atoms with van der Waals surface area (Å²) in [6.45, 7) is 2.55. The normalized spacial score (nSPS) is 13.6. The molecule has 0 bridgehead atoms. The number of aryl methyl sites for hydroxylation is 2. The molecule has 2 aromatic carbocycles. The third kappa shape index (κ3) is 7.30. The first-order chi connectivity index (χ1) is 21.5. The number of esters is 1. The summed E-state index contributed by atoms with van der Waals surface area (Å²) in [7, 11) is -2.87. The lowest BCUT2D eigenvalue weighted by Crippen LogP contribution is -2.31. The Kier molecular flexibility index (Phi) is 10.5. The lowest BCUT2D eigenvalue weighted by Gasteiger charge is -2.19. The standard InChI is InChI=1S/C27H33N7O10S/c1-17-14-19-24(18(2)23(17)26(37)43-16-44-31-34(39)32-11-6-7-12-32)25(36)33(22(30-19)15-42-27(38)29-10-13-35)20-8-4-5-9-21(20)45(40,41)28-3/h4-5,8-9,14,28,35H,6-7,10-13,15-16H2,1-3H3,(H,29,38)/b34-31-. The Morgan fingerprint density at radius 1 is 1.18 bits per heavy atom. The molecule has 2 heterocycles. The van der Waals surface area contributed by atoms with Crippen LogP contribution in [0.1, 0.15) is 40.2 Å². The van der Waals surface area contributed by atoms with Crippen LogP contribution >= 0.6 is 0 Å². The van der Waals surface area contributed by atoms with Crippen molar-refractivity contribution < 1.29 is 42.4 Å². The smallest absolute Gasteiger partial charge is 0.407 e. The van der Waals surface area contributed by atoms with E-state index in [1.807, 2.05) is 0 Å². The zero-order valence-electron chi connectivity index (χ0n) is 24.8. The van der Waals surface area contributed by atoms with Crippen LogP contribution in [0.5, 0.6) is 0 Å². The summed E-state index contributed by atoms with van der Waals surface area (Å²) in [5, 5.41) is 28.0. The number of nitrogens with zero attached hydrogens (tertiary/aromatic N) is 5. The van der Waals surface area contributed by atoms with E-state index in [0.717, 1.165) is 17.4 Å². The fourth-order valence-corrected chi connectivity index (χ4v) is 5.78. The third-order valence-corrected chi connectivity index (χ3v) is 8.42. The van der Waals surface area contributed by atoms with Gasteiger partial charge >= 0.3 is 12.1 Å². The maximum atomic E-state index is 14.2. The van der Waals surface area contributed by atoms with E-state index in [2.05, 4.69) is 20.3 Å². The van der Waals surface area contributed by atoms with Crippen LogP contribution in [0.25, 0.3) is 16.6 Å². The van der Waals surface area contributed by atoms with Crippen LogP contribution in [-0.4, -0.2) is 85.2 Å². The molecule has 0 unspecified atom stereocenters. The van der Waals surface area contributed by atoms with Gasteiger partial charge in [-0.15, -0.1) is 5.01 Å². The first kappa shape index (κ1) is 33.1. The Hall–Kier alpha value is -4.81. The molecule has 3 aromatic rings. The maximum absolute atomic E-state index is 14.2. The van der Waals surface area contributed by atoms with Crippen LogP contribution in [0.15, 0.2) is 45.3 Å². The largest absolute Gasteiger partial charge is 0.569 e. The summed E-state index contributed by atoms with van der Waals surface area (Å²) in [4.78, 5) is 48.8. The molecule has 18 heteroatoms. The maximum Gasteiger partial charge on any atom is 0.407 e. The summed E-state index contributed by atoms with van der Waals surface area (Å²) in [6, 6.07) is 7.13. The Balaban J connectivity index is 1.77.